The molecule has 1 aliphatic heterocycles. The van der Waals surface area contributed by atoms with Gasteiger partial charge in [0.05, 0.1) is 12.4 Å². The van der Waals surface area contributed by atoms with Crippen molar-refractivity contribution < 1.29 is 28.6 Å². The number of allylic oxidation sites excluding steroid dienone is 4. The van der Waals surface area contributed by atoms with E-state index in [0.29, 0.717) is 25.7 Å². The lowest BCUT2D eigenvalue weighted by Crippen LogP contribution is -2.69. The van der Waals surface area contributed by atoms with Gasteiger partial charge in [-0.1, -0.05) is 32.4 Å². The van der Waals surface area contributed by atoms with Crippen LogP contribution in [0.4, 0.5) is 4.39 Å². The first-order valence-corrected chi connectivity index (χ1v) is 12.7. The van der Waals surface area contributed by atoms with Gasteiger partial charge in [0.15, 0.2) is 17.1 Å². The van der Waals surface area contributed by atoms with E-state index in [2.05, 4.69) is 4.98 Å². The van der Waals surface area contributed by atoms with E-state index in [4.69, 9.17) is 9.47 Å². The fourth-order valence-electron chi connectivity index (χ4n) is 8.61. The zero-order chi connectivity index (χ0) is 25.0. The summed E-state index contributed by atoms with van der Waals surface area (Å²) in [6.45, 7) is 7.64. The smallest absolute Gasteiger partial charge is 0.343 e. The van der Waals surface area contributed by atoms with Crippen molar-refractivity contribution in [3.63, 3.8) is 0 Å². The van der Waals surface area contributed by atoms with Crippen molar-refractivity contribution in [1.29, 1.82) is 0 Å². The minimum absolute atomic E-state index is 0.0679. The highest BCUT2D eigenvalue weighted by Gasteiger charge is 2.80. The lowest BCUT2D eigenvalue weighted by molar-refractivity contribution is -0.283. The molecule has 1 spiro atoms. The van der Waals surface area contributed by atoms with Gasteiger partial charge in [-0.3, -0.25) is 9.36 Å². The molecule has 35 heavy (non-hydrogen) atoms. The van der Waals surface area contributed by atoms with Crippen molar-refractivity contribution in [2.24, 2.45) is 28.6 Å². The number of ether oxygens (including phenoxy) is 2. The van der Waals surface area contributed by atoms with Gasteiger partial charge in [0.2, 0.25) is 0 Å². The third-order valence-corrected chi connectivity index (χ3v) is 10.4. The second-order valence-corrected chi connectivity index (χ2v) is 11.7. The summed E-state index contributed by atoms with van der Waals surface area (Å²) in [5, 5.41) is 11.6. The molecule has 0 aromatic carbocycles. The van der Waals surface area contributed by atoms with Crippen molar-refractivity contribution in [2.75, 3.05) is 0 Å². The Morgan fingerprint density at radius 2 is 2.06 bits per heavy atom. The van der Waals surface area contributed by atoms with Crippen LogP contribution in [0.1, 0.15) is 59.8 Å². The van der Waals surface area contributed by atoms with Crippen LogP contribution in [0.15, 0.2) is 42.5 Å². The first kappa shape index (κ1) is 23.1. The Labute approximate surface area is 204 Å². The summed E-state index contributed by atoms with van der Waals surface area (Å²) in [5.74, 6) is -2.83. The van der Waals surface area contributed by atoms with Crippen LogP contribution in [0.3, 0.4) is 0 Å². The number of nitrogens with zero attached hydrogens (tertiary/aromatic N) is 2. The number of rotatable bonds is 2. The van der Waals surface area contributed by atoms with E-state index < -0.39 is 46.0 Å². The van der Waals surface area contributed by atoms with E-state index in [1.807, 2.05) is 20.8 Å². The van der Waals surface area contributed by atoms with E-state index in [1.54, 1.807) is 36.3 Å². The van der Waals surface area contributed by atoms with Gasteiger partial charge < -0.3 is 14.6 Å². The van der Waals surface area contributed by atoms with Crippen LogP contribution < -0.4 is 0 Å². The predicted octanol–water partition coefficient (Wildman–Crippen LogP) is 3.83. The van der Waals surface area contributed by atoms with Gasteiger partial charge in [-0.25, -0.2) is 14.2 Å². The molecule has 7 nitrogen and oxygen atoms in total. The second kappa shape index (κ2) is 6.91. The summed E-state index contributed by atoms with van der Waals surface area (Å²) < 4.78 is 31.8. The molecule has 8 heteroatoms. The summed E-state index contributed by atoms with van der Waals surface area (Å²) in [4.78, 5) is 30.0. The largest absolute Gasteiger partial charge is 0.411 e. The maximum absolute atomic E-state index is 17.4. The van der Waals surface area contributed by atoms with Gasteiger partial charge in [0.25, 0.3) is 0 Å². The maximum atomic E-state index is 17.4. The number of imidazole rings is 1. The van der Waals surface area contributed by atoms with Gasteiger partial charge in [-0.05, 0) is 56.6 Å². The number of esters is 1. The minimum atomic E-state index is -1.95. The summed E-state index contributed by atoms with van der Waals surface area (Å²) in [5.41, 5.74) is -4.40. The lowest BCUT2D eigenvalue weighted by atomic mass is 9.45. The number of alkyl halides is 1. The molecule has 2 heterocycles. The fraction of sp³-hybridized carbons (Fsp3) is 0.667. The van der Waals surface area contributed by atoms with Crippen molar-refractivity contribution >= 4 is 11.8 Å². The quantitative estimate of drug-likeness (QED) is 0.642. The van der Waals surface area contributed by atoms with Crippen molar-refractivity contribution in [2.45, 2.75) is 83.1 Å². The van der Waals surface area contributed by atoms with Crippen LogP contribution in [0.5, 0.6) is 0 Å². The fourth-order valence-corrected chi connectivity index (χ4v) is 8.61. The number of halogens is 1. The van der Waals surface area contributed by atoms with Gasteiger partial charge in [0, 0.05) is 35.6 Å². The number of cyclic esters (lactones) is 1. The predicted molar refractivity (Wildman–Crippen MR) is 123 cm³/mol. The van der Waals surface area contributed by atoms with Gasteiger partial charge in [-0.2, -0.15) is 0 Å². The molecular formula is C27H33FN2O5. The summed E-state index contributed by atoms with van der Waals surface area (Å²) >= 11 is 0. The molecule has 1 N–H and O–H groups in total. The van der Waals surface area contributed by atoms with Crippen molar-refractivity contribution in [1.82, 2.24) is 9.55 Å². The zero-order valence-corrected chi connectivity index (χ0v) is 20.7. The Balaban J connectivity index is 1.45. The summed E-state index contributed by atoms with van der Waals surface area (Å²) in [7, 11) is 0. The molecule has 0 bridgehead atoms. The highest BCUT2D eigenvalue weighted by Crippen LogP contribution is 2.73. The van der Waals surface area contributed by atoms with Crippen molar-refractivity contribution in [3.8, 4) is 0 Å². The normalized spacial score (nSPS) is 50.5. The van der Waals surface area contributed by atoms with Gasteiger partial charge >= 0.3 is 11.9 Å². The number of aliphatic hydroxyl groups excluding tert-OH is 1. The first-order chi connectivity index (χ1) is 16.5. The number of aliphatic hydroxyl groups is 1. The molecule has 0 amide bonds. The SMILES string of the molecule is CC[C@@]1(n2ccnc2)OC(=O)[C@@]2(O1)[C@@H](C)C[C@H]1[C@@H]3CCC4=CC(=O)C=C[C@]4(C)[C@@]3(F)[C@@H](O)C[C@@]12C. The molecular weight excluding hydrogens is 451 g/mol. The minimum Gasteiger partial charge on any atom is -0.411 e. The van der Waals surface area contributed by atoms with E-state index in [-0.39, 0.29) is 24.0 Å². The zero-order valence-electron chi connectivity index (χ0n) is 20.7. The van der Waals surface area contributed by atoms with Crippen LogP contribution in [0.25, 0.3) is 0 Å². The first-order valence-electron chi connectivity index (χ1n) is 12.7. The molecule has 6 rings (SSSR count). The molecule has 5 aliphatic rings. The Morgan fingerprint density at radius 3 is 2.74 bits per heavy atom. The Kier molecular flexibility index (Phi) is 4.56. The summed E-state index contributed by atoms with van der Waals surface area (Å²) in [6.07, 6.45) is 10.3. The number of hydrogen-bond acceptors (Lipinski definition) is 6. The number of fused-ring (bicyclic) bond motifs is 6. The molecule has 1 saturated heterocycles. The van der Waals surface area contributed by atoms with Crippen LogP contribution in [-0.4, -0.2) is 43.8 Å². The molecule has 3 saturated carbocycles. The van der Waals surface area contributed by atoms with E-state index in [0.717, 1.165) is 5.57 Å². The van der Waals surface area contributed by atoms with E-state index >= 15 is 4.39 Å². The van der Waals surface area contributed by atoms with Crippen molar-refractivity contribution in [3.05, 3.63) is 42.5 Å². The summed E-state index contributed by atoms with van der Waals surface area (Å²) in [6, 6.07) is 0. The van der Waals surface area contributed by atoms with Crippen LogP contribution in [0.2, 0.25) is 0 Å². The van der Waals surface area contributed by atoms with Gasteiger partial charge in [-0.15, -0.1) is 0 Å². The van der Waals surface area contributed by atoms with Crippen LogP contribution in [0, 0.1) is 28.6 Å². The highest BCUT2D eigenvalue weighted by molar-refractivity contribution is 6.01. The standard InChI is InChI=1S/C27H33FN2O5/c1-5-25(30-11-10-29-15-30)34-22(33)27(35-25)16(2)12-20-19-7-6-17-13-18(31)8-9-23(17,3)26(19,28)21(32)14-24(20,27)4/h8-11,13,15-16,19-21,32H,5-7,12,14H2,1-4H3/t16-,19-,20-,21-,23-,24-,25+,26-,27-/m0/s1. The lowest BCUT2D eigenvalue weighted by Gasteiger charge is -2.62. The number of hydrogen-bond donors (Lipinski definition) is 1. The van der Waals surface area contributed by atoms with Crippen LogP contribution >= 0.6 is 0 Å². The third-order valence-electron chi connectivity index (χ3n) is 10.4. The molecule has 1 aromatic rings. The second-order valence-electron chi connectivity index (χ2n) is 11.7. The Hall–Kier alpha value is -2.32. The topological polar surface area (TPSA) is 90.7 Å². The monoisotopic (exact) mass is 484 g/mol. The number of aromatic nitrogens is 2. The van der Waals surface area contributed by atoms with E-state index in [1.165, 1.54) is 12.2 Å². The Morgan fingerprint density at radius 1 is 1.29 bits per heavy atom. The Bertz CT molecular complexity index is 1160. The molecule has 9 atom stereocenters. The third kappa shape index (κ3) is 2.45. The molecule has 0 radical (unpaired) electrons. The molecule has 4 fully saturated rings. The van der Waals surface area contributed by atoms with Gasteiger partial charge in [0.1, 0.15) is 0 Å². The number of carbonyl (C=O) groups is 2. The molecule has 4 aliphatic carbocycles. The average molecular weight is 485 g/mol. The molecule has 0 unspecified atom stereocenters. The number of ketones is 1. The highest BCUT2D eigenvalue weighted by atomic mass is 19.1. The maximum Gasteiger partial charge on any atom is 0.343 e. The average Bonchev–Trinajstić information content (AvgIpc) is 3.50. The van der Waals surface area contributed by atoms with Crippen LogP contribution in [-0.2, 0) is 25.0 Å². The van der Waals surface area contributed by atoms with E-state index in [9.17, 15) is 14.7 Å². The number of carbonyl (C=O) groups excluding carboxylic acids is 2. The molecule has 1 aromatic heterocycles. The molecule has 188 valence electrons.